The molecule has 10 aromatic rings. The molecule has 1 aromatic heterocycles. The summed E-state index contributed by atoms with van der Waals surface area (Å²) in [5.74, 6) is 0. The summed E-state index contributed by atoms with van der Waals surface area (Å²) in [6.45, 7) is 0. The lowest BCUT2D eigenvalue weighted by Crippen LogP contribution is -1.87. The highest BCUT2D eigenvalue weighted by Crippen LogP contribution is 2.41. The number of thiophene rings is 1. The Morgan fingerprint density at radius 3 is 1.45 bits per heavy atom. The highest BCUT2D eigenvalue weighted by molar-refractivity contribution is 7.26. The summed E-state index contributed by atoms with van der Waals surface area (Å²) in [7, 11) is 0. The van der Waals surface area contributed by atoms with Crippen LogP contribution in [0.15, 0.2) is 194 Å². The van der Waals surface area contributed by atoms with Crippen molar-refractivity contribution in [3.05, 3.63) is 194 Å². The molecule has 0 aliphatic rings. The first-order chi connectivity index (χ1) is 25.3. The van der Waals surface area contributed by atoms with Gasteiger partial charge in [0.05, 0.1) is 0 Å². The minimum atomic E-state index is 1.21. The van der Waals surface area contributed by atoms with Crippen molar-refractivity contribution in [2.45, 2.75) is 0 Å². The van der Waals surface area contributed by atoms with E-state index in [2.05, 4.69) is 194 Å². The zero-order chi connectivity index (χ0) is 33.7. The van der Waals surface area contributed by atoms with Crippen LogP contribution in [0.5, 0.6) is 0 Å². The Labute approximate surface area is 301 Å². The average Bonchev–Trinajstić information content (AvgIpc) is 3.60. The van der Waals surface area contributed by atoms with Crippen LogP contribution >= 0.6 is 11.3 Å². The van der Waals surface area contributed by atoms with Gasteiger partial charge in [0, 0.05) is 20.2 Å². The Kier molecular flexibility index (Phi) is 7.11. The zero-order valence-corrected chi connectivity index (χ0v) is 28.7. The molecule has 0 saturated heterocycles. The van der Waals surface area contributed by atoms with Crippen LogP contribution in [-0.2, 0) is 0 Å². The van der Waals surface area contributed by atoms with Gasteiger partial charge in [-0.1, -0.05) is 164 Å². The van der Waals surface area contributed by atoms with Gasteiger partial charge in [-0.05, 0) is 108 Å². The molecule has 238 valence electrons. The lowest BCUT2D eigenvalue weighted by molar-refractivity contribution is 1.57. The van der Waals surface area contributed by atoms with E-state index in [-0.39, 0.29) is 0 Å². The van der Waals surface area contributed by atoms with Crippen molar-refractivity contribution in [1.29, 1.82) is 0 Å². The predicted octanol–water partition coefficient (Wildman–Crippen LogP) is 14.7. The first kappa shape index (κ1) is 29.6. The SMILES string of the molecule is c1cc(-c2ccc(-c3cccc4c3sc3ccccc34)cc2)cc(-c2cccc(-c3cccc(-c4cc5ccccc5c5ccccc45)c3)c2)c1. The highest BCUT2D eigenvalue weighted by Gasteiger charge is 2.12. The van der Waals surface area contributed by atoms with E-state index in [0.717, 1.165) is 0 Å². The molecule has 0 aliphatic heterocycles. The van der Waals surface area contributed by atoms with Crippen molar-refractivity contribution in [2.24, 2.45) is 0 Å². The maximum Gasteiger partial charge on any atom is 0.0433 e. The minimum Gasteiger partial charge on any atom is -0.135 e. The van der Waals surface area contributed by atoms with Crippen LogP contribution in [0.4, 0.5) is 0 Å². The van der Waals surface area contributed by atoms with Crippen LogP contribution in [0, 0.1) is 0 Å². The first-order valence-corrected chi connectivity index (χ1v) is 18.3. The Balaban J connectivity index is 0.974. The first-order valence-electron chi connectivity index (χ1n) is 17.5. The summed E-state index contributed by atoms with van der Waals surface area (Å²) in [6.07, 6.45) is 0. The van der Waals surface area contributed by atoms with Crippen molar-refractivity contribution >= 4 is 53.1 Å². The van der Waals surface area contributed by atoms with Crippen LogP contribution < -0.4 is 0 Å². The Morgan fingerprint density at radius 1 is 0.255 bits per heavy atom. The summed E-state index contributed by atoms with van der Waals surface area (Å²) >= 11 is 1.88. The van der Waals surface area contributed by atoms with E-state index in [0.29, 0.717) is 0 Å². The maximum absolute atomic E-state index is 2.34. The van der Waals surface area contributed by atoms with Crippen molar-refractivity contribution < 1.29 is 0 Å². The van der Waals surface area contributed by atoms with E-state index in [4.69, 9.17) is 0 Å². The third-order valence-electron chi connectivity index (χ3n) is 10.3. The molecule has 0 saturated carbocycles. The molecular weight excluding hydrogens is 633 g/mol. The normalized spacial score (nSPS) is 11.5. The van der Waals surface area contributed by atoms with Crippen molar-refractivity contribution in [1.82, 2.24) is 0 Å². The third-order valence-corrected chi connectivity index (χ3v) is 11.5. The van der Waals surface area contributed by atoms with E-state index in [1.54, 1.807) is 0 Å². The number of rotatable bonds is 5. The van der Waals surface area contributed by atoms with Crippen molar-refractivity contribution in [3.63, 3.8) is 0 Å². The van der Waals surface area contributed by atoms with Gasteiger partial charge in [-0.25, -0.2) is 0 Å². The largest absolute Gasteiger partial charge is 0.135 e. The lowest BCUT2D eigenvalue weighted by atomic mass is 9.91. The molecule has 0 radical (unpaired) electrons. The van der Waals surface area contributed by atoms with Crippen LogP contribution in [0.1, 0.15) is 0 Å². The van der Waals surface area contributed by atoms with Gasteiger partial charge in [0.15, 0.2) is 0 Å². The molecule has 0 bridgehead atoms. The number of fused-ring (bicyclic) bond motifs is 6. The van der Waals surface area contributed by atoms with Crippen LogP contribution in [0.3, 0.4) is 0 Å². The van der Waals surface area contributed by atoms with E-state index < -0.39 is 0 Å². The van der Waals surface area contributed by atoms with Crippen LogP contribution in [-0.4, -0.2) is 0 Å². The molecule has 10 rings (SSSR count). The summed E-state index contributed by atoms with van der Waals surface area (Å²) in [5, 5.41) is 7.81. The van der Waals surface area contributed by atoms with Gasteiger partial charge in [-0.2, -0.15) is 0 Å². The molecule has 0 amide bonds. The molecule has 1 heterocycles. The lowest BCUT2D eigenvalue weighted by Gasteiger charge is -2.13. The number of benzene rings is 9. The second kappa shape index (κ2) is 12.2. The highest BCUT2D eigenvalue weighted by atomic mass is 32.1. The monoisotopic (exact) mass is 664 g/mol. The van der Waals surface area contributed by atoms with Gasteiger partial charge in [0.2, 0.25) is 0 Å². The van der Waals surface area contributed by atoms with Gasteiger partial charge in [-0.3, -0.25) is 0 Å². The van der Waals surface area contributed by atoms with Gasteiger partial charge < -0.3 is 0 Å². The molecule has 0 unspecified atom stereocenters. The van der Waals surface area contributed by atoms with Crippen LogP contribution in [0.2, 0.25) is 0 Å². The predicted molar refractivity (Wildman–Crippen MR) is 222 cm³/mol. The summed E-state index contributed by atoms with van der Waals surface area (Å²) < 4.78 is 2.69. The Hall–Kier alpha value is -6.28. The molecule has 9 aromatic carbocycles. The molecule has 0 fully saturated rings. The molecule has 0 N–H and O–H groups in total. The average molecular weight is 665 g/mol. The summed E-state index contributed by atoms with van der Waals surface area (Å²) in [6, 6.07) is 71.1. The second-order valence-electron chi connectivity index (χ2n) is 13.3. The fraction of sp³-hybridized carbons (Fsp3) is 0. The quantitative estimate of drug-likeness (QED) is 0.161. The molecule has 1 heteroatoms. The summed E-state index contributed by atoms with van der Waals surface area (Å²) in [5.41, 5.74) is 12.3. The van der Waals surface area contributed by atoms with Gasteiger partial charge >= 0.3 is 0 Å². The van der Waals surface area contributed by atoms with E-state index in [9.17, 15) is 0 Å². The second-order valence-corrected chi connectivity index (χ2v) is 14.3. The van der Waals surface area contributed by atoms with Gasteiger partial charge in [-0.15, -0.1) is 11.3 Å². The number of hydrogen-bond donors (Lipinski definition) is 0. The van der Waals surface area contributed by atoms with E-state index in [1.807, 2.05) is 11.3 Å². The van der Waals surface area contributed by atoms with Gasteiger partial charge in [0.1, 0.15) is 0 Å². The molecule has 0 spiro atoms. The standard InChI is InChI=1S/C50H32S/c1-2-18-42-41(11-1)32-48(45-20-4-3-19-44(42)45)40-17-9-16-39(31-40)38-15-8-14-37(30-38)36-13-7-12-35(29-36)33-25-27-34(28-26-33)43-22-10-23-47-46-21-5-6-24-49(46)51-50(43)47/h1-32H. The molecule has 0 aliphatic carbocycles. The smallest absolute Gasteiger partial charge is 0.0433 e. The van der Waals surface area contributed by atoms with Crippen molar-refractivity contribution in [3.8, 4) is 55.6 Å². The fourth-order valence-corrected chi connectivity index (χ4v) is 8.97. The molecule has 51 heavy (non-hydrogen) atoms. The minimum absolute atomic E-state index is 1.21. The molecule has 0 atom stereocenters. The molecule has 0 nitrogen and oxygen atoms in total. The zero-order valence-electron chi connectivity index (χ0n) is 27.9. The molecular formula is C50H32S. The van der Waals surface area contributed by atoms with Crippen LogP contribution in [0.25, 0.3) is 97.4 Å². The Bertz CT molecular complexity index is 2910. The third kappa shape index (κ3) is 5.22. The van der Waals surface area contributed by atoms with E-state index >= 15 is 0 Å². The topological polar surface area (TPSA) is 0 Å². The fourth-order valence-electron chi connectivity index (χ4n) is 7.73. The Morgan fingerprint density at radius 2 is 0.745 bits per heavy atom. The van der Waals surface area contributed by atoms with Crippen molar-refractivity contribution in [2.75, 3.05) is 0 Å². The maximum atomic E-state index is 2.34. The van der Waals surface area contributed by atoms with Gasteiger partial charge in [0.25, 0.3) is 0 Å². The summed E-state index contributed by atoms with van der Waals surface area (Å²) in [4.78, 5) is 0. The van der Waals surface area contributed by atoms with E-state index in [1.165, 1.54) is 97.4 Å². The number of hydrogen-bond acceptors (Lipinski definition) is 1.